The molecular formula is C48H32N2. The lowest BCUT2D eigenvalue weighted by molar-refractivity contribution is 1.18. The van der Waals surface area contributed by atoms with E-state index in [-0.39, 0.29) is 0 Å². The largest absolute Gasteiger partial charge is 0.309 e. The molecule has 0 radical (unpaired) electrons. The van der Waals surface area contributed by atoms with Crippen LogP contribution in [0.1, 0.15) is 0 Å². The quantitative estimate of drug-likeness (QED) is 0.178. The van der Waals surface area contributed by atoms with Gasteiger partial charge < -0.3 is 9.13 Å². The molecule has 0 aliphatic carbocycles. The van der Waals surface area contributed by atoms with Crippen LogP contribution < -0.4 is 0 Å². The van der Waals surface area contributed by atoms with Gasteiger partial charge >= 0.3 is 0 Å². The summed E-state index contributed by atoms with van der Waals surface area (Å²) in [6, 6.07) is 70.4. The standard InChI is InChI=1S/C48H32N2/c1-4-16-33(17-5-1)37-24-14-25-38(34-18-6-2-7-19-34)47(37)50-45-29-13-10-22-40(45)42-31-30-35(32-46(42)50)39-26-15-27-43-41-23-11-12-28-44(41)49(48(39)43)36-20-8-3-9-21-36/h1-32H. The highest BCUT2D eigenvalue weighted by atomic mass is 15.0. The average Bonchev–Trinajstić information content (AvgIpc) is 3.71. The number of benzene rings is 8. The van der Waals surface area contributed by atoms with Gasteiger partial charge in [-0.1, -0.05) is 164 Å². The van der Waals surface area contributed by atoms with Crippen molar-refractivity contribution >= 4 is 43.6 Å². The maximum atomic E-state index is 2.51. The van der Waals surface area contributed by atoms with E-state index in [4.69, 9.17) is 0 Å². The van der Waals surface area contributed by atoms with Crippen molar-refractivity contribution in [3.05, 3.63) is 194 Å². The van der Waals surface area contributed by atoms with Crippen molar-refractivity contribution in [1.82, 2.24) is 9.13 Å². The molecule has 0 aliphatic rings. The Hall–Kier alpha value is -6.64. The number of fused-ring (bicyclic) bond motifs is 6. The van der Waals surface area contributed by atoms with Gasteiger partial charge in [-0.2, -0.15) is 0 Å². The fourth-order valence-electron chi connectivity index (χ4n) is 7.96. The molecular weight excluding hydrogens is 605 g/mol. The second kappa shape index (κ2) is 11.5. The van der Waals surface area contributed by atoms with Crippen molar-refractivity contribution in [1.29, 1.82) is 0 Å². The maximum Gasteiger partial charge on any atom is 0.0619 e. The van der Waals surface area contributed by atoms with E-state index < -0.39 is 0 Å². The van der Waals surface area contributed by atoms with Gasteiger partial charge in [0, 0.05) is 43.9 Å². The summed E-state index contributed by atoms with van der Waals surface area (Å²) in [6.07, 6.45) is 0. The zero-order valence-electron chi connectivity index (χ0n) is 27.4. The molecule has 0 amide bonds. The Bertz CT molecular complexity index is 2780. The molecule has 0 N–H and O–H groups in total. The van der Waals surface area contributed by atoms with Crippen LogP contribution in [0.15, 0.2) is 194 Å². The Morgan fingerprint density at radius 2 is 0.760 bits per heavy atom. The number of hydrogen-bond donors (Lipinski definition) is 0. The Labute approximate surface area is 290 Å². The van der Waals surface area contributed by atoms with E-state index in [0.29, 0.717) is 0 Å². The van der Waals surface area contributed by atoms with Crippen LogP contribution in [0.3, 0.4) is 0 Å². The van der Waals surface area contributed by atoms with Crippen LogP contribution >= 0.6 is 0 Å². The molecule has 10 aromatic rings. The van der Waals surface area contributed by atoms with Gasteiger partial charge in [-0.3, -0.25) is 0 Å². The van der Waals surface area contributed by atoms with E-state index in [1.807, 2.05) is 0 Å². The lowest BCUT2D eigenvalue weighted by atomic mass is 9.95. The third kappa shape index (κ3) is 4.36. The van der Waals surface area contributed by atoms with Crippen molar-refractivity contribution in [3.8, 4) is 44.8 Å². The molecule has 234 valence electrons. The van der Waals surface area contributed by atoms with Crippen LogP contribution in [0.2, 0.25) is 0 Å². The summed E-state index contributed by atoms with van der Waals surface area (Å²) < 4.78 is 4.93. The van der Waals surface area contributed by atoms with Gasteiger partial charge in [0.15, 0.2) is 0 Å². The van der Waals surface area contributed by atoms with E-state index in [2.05, 4.69) is 203 Å². The summed E-state index contributed by atoms with van der Waals surface area (Å²) in [5.74, 6) is 0. The summed E-state index contributed by atoms with van der Waals surface area (Å²) in [5.41, 5.74) is 14.3. The van der Waals surface area contributed by atoms with Crippen molar-refractivity contribution in [3.63, 3.8) is 0 Å². The van der Waals surface area contributed by atoms with Gasteiger partial charge in [-0.05, 0) is 47.0 Å². The molecule has 0 bridgehead atoms. The minimum atomic E-state index is 1.16. The molecule has 2 aromatic heterocycles. The molecule has 8 aromatic carbocycles. The van der Waals surface area contributed by atoms with Crippen LogP contribution in [0, 0.1) is 0 Å². The molecule has 50 heavy (non-hydrogen) atoms. The first-order valence-electron chi connectivity index (χ1n) is 17.2. The van der Waals surface area contributed by atoms with Crippen molar-refractivity contribution in [2.45, 2.75) is 0 Å². The molecule has 0 atom stereocenters. The van der Waals surface area contributed by atoms with Gasteiger partial charge in [0.05, 0.1) is 27.8 Å². The molecule has 2 heterocycles. The smallest absolute Gasteiger partial charge is 0.0619 e. The van der Waals surface area contributed by atoms with Gasteiger partial charge in [-0.15, -0.1) is 0 Å². The monoisotopic (exact) mass is 636 g/mol. The SMILES string of the molecule is c1ccc(-c2cccc(-c3ccccc3)c2-n2c3ccccc3c3ccc(-c4cccc5c6ccccc6n(-c6ccccc6)c45)cc32)cc1. The normalized spacial score (nSPS) is 11.6. The minimum Gasteiger partial charge on any atom is -0.309 e. The lowest BCUT2D eigenvalue weighted by Gasteiger charge is -2.19. The Balaban J connectivity index is 1.32. The molecule has 0 unspecified atom stereocenters. The number of para-hydroxylation sites is 5. The molecule has 10 rings (SSSR count). The predicted molar refractivity (Wildman–Crippen MR) is 211 cm³/mol. The van der Waals surface area contributed by atoms with Gasteiger partial charge in [0.1, 0.15) is 0 Å². The molecule has 2 heteroatoms. The third-order valence-electron chi connectivity index (χ3n) is 10.1. The van der Waals surface area contributed by atoms with E-state index in [0.717, 1.165) is 5.69 Å². The Morgan fingerprint density at radius 1 is 0.280 bits per heavy atom. The fourth-order valence-corrected chi connectivity index (χ4v) is 7.96. The summed E-state index contributed by atoms with van der Waals surface area (Å²) in [4.78, 5) is 0. The first-order valence-corrected chi connectivity index (χ1v) is 17.2. The molecule has 2 nitrogen and oxygen atoms in total. The highest BCUT2D eigenvalue weighted by Gasteiger charge is 2.21. The second-order valence-electron chi connectivity index (χ2n) is 12.9. The molecule has 0 fully saturated rings. The van der Waals surface area contributed by atoms with E-state index in [9.17, 15) is 0 Å². The van der Waals surface area contributed by atoms with Crippen molar-refractivity contribution in [2.24, 2.45) is 0 Å². The highest BCUT2D eigenvalue weighted by Crippen LogP contribution is 2.44. The first kappa shape index (κ1) is 28.4. The average molecular weight is 637 g/mol. The van der Waals surface area contributed by atoms with Gasteiger partial charge in [0.25, 0.3) is 0 Å². The zero-order valence-corrected chi connectivity index (χ0v) is 27.4. The summed E-state index contributed by atoms with van der Waals surface area (Å²) in [7, 11) is 0. The van der Waals surface area contributed by atoms with Crippen LogP contribution in [0.25, 0.3) is 88.4 Å². The van der Waals surface area contributed by atoms with Crippen LogP contribution in [0.4, 0.5) is 0 Å². The fraction of sp³-hybridized carbons (Fsp3) is 0. The van der Waals surface area contributed by atoms with E-state index >= 15 is 0 Å². The highest BCUT2D eigenvalue weighted by molar-refractivity contribution is 6.15. The van der Waals surface area contributed by atoms with E-state index in [1.54, 1.807) is 0 Å². The second-order valence-corrected chi connectivity index (χ2v) is 12.9. The van der Waals surface area contributed by atoms with Crippen molar-refractivity contribution < 1.29 is 0 Å². The van der Waals surface area contributed by atoms with E-state index in [1.165, 1.54) is 82.7 Å². The predicted octanol–water partition coefficient (Wildman–Crippen LogP) is 12.9. The minimum absolute atomic E-state index is 1.16. The number of aromatic nitrogens is 2. The number of hydrogen-bond acceptors (Lipinski definition) is 0. The summed E-state index contributed by atoms with van der Waals surface area (Å²) >= 11 is 0. The van der Waals surface area contributed by atoms with Crippen molar-refractivity contribution in [2.75, 3.05) is 0 Å². The zero-order chi connectivity index (χ0) is 33.0. The molecule has 0 spiro atoms. The Kier molecular flexibility index (Phi) is 6.53. The van der Waals surface area contributed by atoms with Gasteiger partial charge in [-0.25, -0.2) is 0 Å². The van der Waals surface area contributed by atoms with Gasteiger partial charge in [0.2, 0.25) is 0 Å². The Morgan fingerprint density at radius 3 is 1.42 bits per heavy atom. The van der Waals surface area contributed by atoms with Crippen LogP contribution in [-0.2, 0) is 0 Å². The summed E-state index contributed by atoms with van der Waals surface area (Å²) in [5, 5.41) is 4.99. The third-order valence-corrected chi connectivity index (χ3v) is 10.1. The van der Waals surface area contributed by atoms with Crippen LogP contribution in [0.5, 0.6) is 0 Å². The molecule has 0 saturated carbocycles. The first-order chi connectivity index (χ1) is 24.8. The number of nitrogens with zero attached hydrogens (tertiary/aromatic N) is 2. The molecule has 0 saturated heterocycles. The van der Waals surface area contributed by atoms with Crippen LogP contribution in [-0.4, -0.2) is 9.13 Å². The maximum absolute atomic E-state index is 2.51. The lowest BCUT2D eigenvalue weighted by Crippen LogP contribution is -2.01. The number of rotatable bonds is 5. The molecule has 0 aliphatic heterocycles. The summed E-state index contributed by atoms with van der Waals surface area (Å²) in [6.45, 7) is 0. The topological polar surface area (TPSA) is 9.86 Å².